The van der Waals surface area contributed by atoms with E-state index in [2.05, 4.69) is 42.7 Å². The van der Waals surface area contributed by atoms with Gasteiger partial charge in [0.25, 0.3) is 0 Å². The molecule has 32 heavy (non-hydrogen) atoms. The number of ether oxygens (including phenoxy) is 1. The van der Waals surface area contributed by atoms with Gasteiger partial charge in [0.1, 0.15) is 18.9 Å². The average molecular weight is 458 g/mol. The molecule has 1 N–H and O–H groups in total. The molecule has 0 bridgehead atoms. The minimum absolute atomic E-state index is 0.0368. The molecule has 0 fully saturated rings. The van der Waals surface area contributed by atoms with Crippen LogP contribution in [-0.2, 0) is 11.2 Å². The van der Waals surface area contributed by atoms with Crippen molar-refractivity contribution in [3.05, 3.63) is 51.7 Å². The Morgan fingerprint density at radius 1 is 1.22 bits per heavy atom. The second kappa shape index (κ2) is 11.4. The highest BCUT2D eigenvalue weighted by Gasteiger charge is 2.33. The van der Waals surface area contributed by atoms with Crippen molar-refractivity contribution in [3.63, 3.8) is 0 Å². The SMILES string of the molecule is CCCN(CC(=O)N1CCc2sccc2C1COc1ccc(C(C)C)cc1)C(=O)NCC. The molecule has 1 aliphatic heterocycles. The minimum Gasteiger partial charge on any atom is -0.491 e. The fraction of sp³-hybridized carbons (Fsp3) is 0.520. The Labute approximate surface area is 195 Å². The Kier molecular flexibility index (Phi) is 8.56. The van der Waals surface area contributed by atoms with E-state index in [4.69, 9.17) is 4.74 Å². The van der Waals surface area contributed by atoms with Gasteiger partial charge in [0.05, 0.1) is 6.04 Å². The number of urea groups is 1. The van der Waals surface area contributed by atoms with Crippen LogP contribution in [0.2, 0.25) is 0 Å². The lowest BCUT2D eigenvalue weighted by Gasteiger charge is -2.37. The topological polar surface area (TPSA) is 61.9 Å². The fourth-order valence-corrected chi connectivity index (χ4v) is 4.97. The molecular weight excluding hydrogens is 422 g/mol. The molecule has 2 heterocycles. The lowest BCUT2D eigenvalue weighted by Crippen LogP contribution is -2.50. The van der Waals surface area contributed by atoms with Crippen LogP contribution >= 0.6 is 11.3 Å². The van der Waals surface area contributed by atoms with Crippen LogP contribution in [-0.4, -0.2) is 54.5 Å². The van der Waals surface area contributed by atoms with Gasteiger partial charge >= 0.3 is 6.03 Å². The Morgan fingerprint density at radius 3 is 2.62 bits per heavy atom. The Morgan fingerprint density at radius 2 is 1.97 bits per heavy atom. The molecule has 1 atom stereocenters. The molecule has 6 nitrogen and oxygen atoms in total. The Hall–Kier alpha value is -2.54. The second-order valence-electron chi connectivity index (χ2n) is 8.44. The summed E-state index contributed by atoms with van der Waals surface area (Å²) < 4.78 is 6.14. The first kappa shape index (κ1) is 24.1. The molecule has 0 saturated carbocycles. The van der Waals surface area contributed by atoms with Gasteiger partial charge < -0.3 is 19.9 Å². The van der Waals surface area contributed by atoms with Crippen LogP contribution in [0.1, 0.15) is 62.1 Å². The summed E-state index contributed by atoms with van der Waals surface area (Å²) in [6.45, 7) is 10.4. The number of nitrogens with zero attached hydrogens (tertiary/aromatic N) is 2. The molecular formula is C25H35N3O3S. The van der Waals surface area contributed by atoms with Crippen molar-refractivity contribution in [2.24, 2.45) is 0 Å². The lowest BCUT2D eigenvalue weighted by molar-refractivity contribution is -0.135. The zero-order valence-electron chi connectivity index (χ0n) is 19.6. The first-order chi connectivity index (χ1) is 15.4. The van der Waals surface area contributed by atoms with E-state index in [1.165, 1.54) is 10.4 Å². The molecule has 1 aromatic heterocycles. The maximum atomic E-state index is 13.3. The molecule has 1 aliphatic rings. The monoisotopic (exact) mass is 457 g/mol. The summed E-state index contributed by atoms with van der Waals surface area (Å²) in [5.41, 5.74) is 2.43. The van der Waals surface area contributed by atoms with Crippen molar-refractivity contribution in [1.82, 2.24) is 15.1 Å². The third kappa shape index (κ3) is 5.82. The van der Waals surface area contributed by atoms with Crippen LogP contribution in [0.15, 0.2) is 35.7 Å². The van der Waals surface area contributed by atoms with Gasteiger partial charge in [0.15, 0.2) is 0 Å². The summed E-state index contributed by atoms with van der Waals surface area (Å²) in [4.78, 5) is 30.5. The molecule has 3 rings (SSSR count). The molecule has 2 aromatic rings. The molecule has 0 saturated heterocycles. The number of fused-ring (bicyclic) bond motifs is 1. The number of rotatable bonds is 9. The number of thiophene rings is 1. The fourth-order valence-electron chi connectivity index (χ4n) is 4.04. The smallest absolute Gasteiger partial charge is 0.317 e. The van der Waals surface area contributed by atoms with Gasteiger partial charge in [-0.15, -0.1) is 11.3 Å². The van der Waals surface area contributed by atoms with E-state index >= 15 is 0 Å². The van der Waals surface area contributed by atoms with Crippen LogP contribution in [0.5, 0.6) is 5.75 Å². The number of benzene rings is 1. The number of nitrogens with one attached hydrogen (secondary N) is 1. The zero-order chi connectivity index (χ0) is 23.1. The molecule has 0 radical (unpaired) electrons. The van der Waals surface area contributed by atoms with Crippen LogP contribution in [0.25, 0.3) is 0 Å². The molecule has 0 spiro atoms. The van der Waals surface area contributed by atoms with Crippen molar-refractivity contribution >= 4 is 23.3 Å². The van der Waals surface area contributed by atoms with Crippen LogP contribution < -0.4 is 10.1 Å². The van der Waals surface area contributed by atoms with E-state index in [0.29, 0.717) is 32.2 Å². The number of hydrogen-bond acceptors (Lipinski definition) is 4. The number of carbonyl (C=O) groups is 2. The summed E-state index contributed by atoms with van der Waals surface area (Å²) in [5, 5.41) is 4.90. The van der Waals surface area contributed by atoms with Crippen LogP contribution in [0, 0.1) is 0 Å². The summed E-state index contributed by atoms with van der Waals surface area (Å²) in [7, 11) is 0. The predicted molar refractivity (Wildman–Crippen MR) is 129 cm³/mol. The lowest BCUT2D eigenvalue weighted by atomic mass is 10.00. The summed E-state index contributed by atoms with van der Waals surface area (Å²) in [6.07, 6.45) is 1.64. The number of hydrogen-bond donors (Lipinski definition) is 1. The van der Waals surface area contributed by atoms with Crippen molar-refractivity contribution in [1.29, 1.82) is 0 Å². The predicted octanol–water partition coefficient (Wildman–Crippen LogP) is 4.82. The summed E-state index contributed by atoms with van der Waals surface area (Å²) in [5.74, 6) is 1.24. The van der Waals surface area contributed by atoms with Crippen molar-refractivity contribution in [2.45, 2.75) is 52.5 Å². The number of amides is 3. The van der Waals surface area contributed by atoms with E-state index in [1.54, 1.807) is 16.2 Å². The average Bonchev–Trinajstić information content (AvgIpc) is 3.26. The Bertz CT molecular complexity index is 894. The van der Waals surface area contributed by atoms with Crippen LogP contribution in [0.3, 0.4) is 0 Å². The largest absolute Gasteiger partial charge is 0.491 e. The van der Waals surface area contributed by atoms with E-state index in [1.807, 2.05) is 30.9 Å². The molecule has 0 aliphatic carbocycles. The highest BCUT2D eigenvalue weighted by atomic mass is 32.1. The van der Waals surface area contributed by atoms with E-state index in [-0.39, 0.29) is 24.5 Å². The number of carbonyl (C=O) groups excluding carboxylic acids is 2. The highest BCUT2D eigenvalue weighted by molar-refractivity contribution is 7.10. The quantitative estimate of drug-likeness (QED) is 0.587. The summed E-state index contributed by atoms with van der Waals surface area (Å²) in [6, 6.07) is 9.94. The normalized spacial score (nSPS) is 15.4. The van der Waals surface area contributed by atoms with Crippen LogP contribution in [0.4, 0.5) is 4.79 Å². The zero-order valence-corrected chi connectivity index (χ0v) is 20.4. The van der Waals surface area contributed by atoms with Gasteiger partial charge in [-0.05, 0) is 60.4 Å². The Balaban J connectivity index is 1.73. The molecule has 1 unspecified atom stereocenters. The third-order valence-electron chi connectivity index (χ3n) is 5.80. The third-order valence-corrected chi connectivity index (χ3v) is 6.80. The summed E-state index contributed by atoms with van der Waals surface area (Å²) >= 11 is 1.74. The first-order valence-corrected chi connectivity index (χ1v) is 12.4. The second-order valence-corrected chi connectivity index (χ2v) is 9.44. The minimum atomic E-state index is -0.186. The van der Waals surface area contributed by atoms with Gasteiger partial charge in [-0.2, -0.15) is 0 Å². The van der Waals surface area contributed by atoms with Gasteiger partial charge in [-0.25, -0.2) is 4.79 Å². The van der Waals surface area contributed by atoms with Crippen molar-refractivity contribution in [2.75, 3.05) is 32.8 Å². The van der Waals surface area contributed by atoms with Gasteiger partial charge in [-0.3, -0.25) is 4.79 Å². The highest BCUT2D eigenvalue weighted by Crippen LogP contribution is 2.34. The first-order valence-electron chi connectivity index (χ1n) is 11.6. The standard InChI is InChI=1S/C25H35N3O3S/c1-5-13-27(25(30)26-6-2)16-24(29)28-14-11-23-21(12-15-32-23)22(28)17-31-20-9-7-19(8-10-20)18(3)4/h7-10,12,15,18,22H,5-6,11,13-14,16-17H2,1-4H3,(H,26,30). The van der Waals surface area contributed by atoms with Gasteiger partial charge in [-0.1, -0.05) is 32.9 Å². The molecule has 7 heteroatoms. The molecule has 174 valence electrons. The molecule has 1 aromatic carbocycles. The van der Waals surface area contributed by atoms with Crippen molar-refractivity contribution < 1.29 is 14.3 Å². The molecule has 3 amide bonds. The van der Waals surface area contributed by atoms with Gasteiger partial charge in [0, 0.05) is 24.5 Å². The van der Waals surface area contributed by atoms with E-state index in [9.17, 15) is 9.59 Å². The van der Waals surface area contributed by atoms with E-state index in [0.717, 1.165) is 24.2 Å². The van der Waals surface area contributed by atoms with Gasteiger partial charge in [0.2, 0.25) is 5.91 Å². The maximum absolute atomic E-state index is 13.3. The van der Waals surface area contributed by atoms with Crippen molar-refractivity contribution in [3.8, 4) is 5.75 Å². The maximum Gasteiger partial charge on any atom is 0.317 e. The van der Waals surface area contributed by atoms with E-state index < -0.39 is 0 Å².